The van der Waals surface area contributed by atoms with Crippen molar-refractivity contribution in [3.05, 3.63) is 0 Å². The van der Waals surface area contributed by atoms with Crippen LogP contribution in [0.4, 0.5) is 4.79 Å². The molecule has 0 aromatic heterocycles. The van der Waals surface area contributed by atoms with Crippen molar-refractivity contribution in [3.63, 3.8) is 0 Å². The van der Waals surface area contributed by atoms with Crippen LogP contribution in [0.25, 0.3) is 0 Å². The van der Waals surface area contributed by atoms with Crippen LogP contribution in [0.15, 0.2) is 0 Å². The largest absolute Gasteiger partial charge is 0.331 e. The van der Waals surface area contributed by atoms with Crippen LogP contribution in [-0.4, -0.2) is 56.1 Å². The lowest BCUT2D eigenvalue weighted by Gasteiger charge is -2.28. The summed E-state index contributed by atoms with van der Waals surface area (Å²) >= 11 is 0. The van der Waals surface area contributed by atoms with Crippen molar-refractivity contribution in [1.29, 1.82) is 0 Å². The Kier molecular flexibility index (Phi) is 4.20. The number of carbonyl (C=O) groups is 1. The number of carbonyl (C=O) groups excluding carboxylic acids is 1. The summed E-state index contributed by atoms with van der Waals surface area (Å²) in [5.74, 6) is 0. The molecule has 0 spiro atoms. The van der Waals surface area contributed by atoms with Gasteiger partial charge in [-0.3, -0.25) is 0 Å². The van der Waals surface area contributed by atoms with Gasteiger partial charge in [-0.05, 0) is 25.8 Å². The van der Waals surface area contributed by atoms with Crippen LogP contribution in [0, 0.1) is 0 Å². The van der Waals surface area contributed by atoms with Crippen LogP contribution in [0.5, 0.6) is 0 Å². The maximum absolute atomic E-state index is 11.4. The first-order valence-corrected chi connectivity index (χ1v) is 5.27. The number of rotatable bonds is 4. The Labute approximate surface area is 86.2 Å². The third-order valence-electron chi connectivity index (χ3n) is 2.68. The molecule has 1 atom stereocenters. The Balaban J connectivity index is 2.07. The SMILES string of the molecule is CN(C)C(=O)N(C)CCCC1CCN1. The molecule has 0 aromatic rings. The molecule has 1 unspecified atom stereocenters. The Morgan fingerprint density at radius 1 is 1.43 bits per heavy atom. The quantitative estimate of drug-likeness (QED) is 0.725. The molecule has 0 bridgehead atoms. The second kappa shape index (κ2) is 5.20. The summed E-state index contributed by atoms with van der Waals surface area (Å²) < 4.78 is 0. The lowest BCUT2D eigenvalue weighted by molar-refractivity contribution is 0.179. The third-order valence-corrected chi connectivity index (χ3v) is 2.68. The van der Waals surface area contributed by atoms with Crippen molar-refractivity contribution in [3.8, 4) is 0 Å². The standard InChI is InChI=1S/C10H21N3O/c1-12(2)10(14)13(3)8-4-5-9-6-7-11-9/h9,11H,4-8H2,1-3H3. The highest BCUT2D eigenvalue weighted by Crippen LogP contribution is 2.09. The molecular weight excluding hydrogens is 178 g/mol. The summed E-state index contributed by atoms with van der Waals surface area (Å²) in [6.45, 7) is 2.02. The smallest absolute Gasteiger partial charge is 0.319 e. The first-order chi connectivity index (χ1) is 6.61. The minimum absolute atomic E-state index is 0.0894. The van der Waals surface area contributed by atoms with Crippen LogP contribution in [0.2, 0.25) is 0 Å². The number of nitrogens with zero attached hydrogens (tertiary/aromatic N) is 2. The monoisotopic (exact) mass is 199 g/mol. The van der Waals surface area contributed by atoms with Gasteiger partial charge in [0, 0.05) is 33.7 Å². The van der Waals surface area contributed by atoms with Crippen molar-refractivity contribution in [2.24, 2.45) is 0 Å². The number of hydrogen-bond donors (Lipinski definition) is 1. The van der Waals surface area contributed by atoms with Crippen molar-refractivity contribution in [2.75, 3.05) is 34.2 Å². The van der Waals surface area contributed by atoms with E-state index < -0.39 is 0 Å². The summed E-state index contributed by atoms with van der Waals surface area (Å²) in [5.41, 5.74) is 0. The van der Waals surface area contributed by atoms with E-state index in [4.69, 9.17) is 0 Å². The zero-order valence-corrected chi connectivity index (χ0v) is 9.42. The predicted molar refractivity (Wildman–Crippen MR) is 57.4 cm³/mol. The summed E-state index contributed by atoms with van der Waals surface area (Å²) in [6, 6.07) is 0.796. The highest BCUT2D eigenvalue weighted by molar-refractivity contribution is 5.73. The van der Waals surface area contributed by atoms with Gasteiger partial charge < -0.3 is 15.1 Å². The molecule has 1 rings (SSSR count). The van der Waals surface area contributed by atoms with Crippen molar-refractivity contribution < 1.29 is 4.79 Å². The van der Waals surface area contributed by atoms with Gasteiger partial charge in [-0.2, -0.15) is 0 Å². The fourth-order valence-electron chi connectivity index (χ4n) is 1.61. The summed E-state index contributed by atoms with van der Waals surface area (Å²) in [7, 11) is 5.43. The molecule has 2 amide bonds. The van der Waals surface area contributed by atoms with E-state index in [9.17, 15) is 4.79 Å². The zero-order valence-electron chi connectivity index (χ0n) is 9.42. The van der Waals surface area contributed by atoms with Crippen LogP contribution in [0.3, 0.4) is 0 Å². The van der Waals surface area contributed by atoms with E-state index >= 15 is 0 Å². The van der Waals surface area contributed by atoms with Gasteiger partial charge in [0.1, 0.15) is 0 Å². The number of nitrogens with one attached hydrogen (secondary N) is 1. The minimum atomic E-state index is 0.0894. The molecule has 1 aliphatic heterocycles. The molecule has 0 aliphatic carbocycles. The van der Waals surface area contributed by atoms with E-state index in [0.717, 1.165) is 19.5 Å². The van der Waals surface area contributed by atoms with Crippen LogP contribution >= 0.6 is 0 Å². The van der Waals surface area contributed by atoms with Gasteiger partial charge in [-0.1, -0.05) is 0 Å². The number of urea groups is 1. The molecule has 4 nitrogen and oxygen atoms in total. The lowest BCUT2D eigenvalue weighted by Crippen LogP contribution is -2.43. The highest BCUT2D eigenvalue weighted by atomic mass is 16.2. The predicted octanol–water partition coefficient (Wildman–Crippen LogP) is 0.742. The second-order valence-electron chi connectivity index (χ2n) is 4.18. The molecule has 0 radical (unpaired) electrons. The summed E-state index contributed by atoms with van der Waals surface area (Å²) in [5, 5.41) is 3.36. The maximum atomic E-state index is 11.4. The Morgan fingerprint density at radius 2 is 2.07 bits per heavy atom. The second-order valence-corrected chi connectivity index (χ2v) is 4.18. The Morgan fingerprint density at radius 3 is 2.50 bits per heavy atom. The van der Waals surface area contributed by atoms with Crippen LogP contribution in [-0.2, 0) is 0 Å². The lowest BCUT2D eigenvalue weighted by atomic mass is 10.0. The molecule has 1 fully saturated rings. The van der Waals surface area contributed by atoms with Gasteiger partial charge >= 0.3 is 6.03 Å². The first kappa shape index (κ1) is 11.3. The van der Waals surface area contributed by atoms with Gasteiger partial charge in [-0.15, -0.1) is 0 Å². The van der Waals surface area contributed by atoms with E-state index in [1.807, 2.05) is 7.05 Å². The summed E-state index contributed by atoms with van der Waals surface area (Å²) in [6.07, 6.45) is 3.57. The topological polar surface area (TPSA) is 35.6 Å². The summed E-state index contributed by atoms with van der Waals surface area (Å²) in [4.78, 5) is 14.8. The maximum Gasteiger partial charge on any atom is 0.319 e. The van der Waals surface area contributed by atoms with Gasteiger partial charge in [0.15, 0.2) is 0 Å². The zero-order chi connectivity index (χ0) is 10.6. The first-order valence-electron chi connectivity index (χ1n) is 5.27. The van der Waals surface area contributed by atoms with Gasteiger partial charge in [0.2, 0.25) is 0 Å². The van der Waals surface area contributed by atoms with E-state index in [0.29, 0.717) is 6.04 Å². The van der Waals surface area contributed by atoms with Gasteiger partial charge in [0.25, 0.3) is 0 Å². The van der Waals surface area contributed by atoms with Gasteiger partial charge in [-0.25, -0.2) is 4.79 Å². The van der Waals surface area contributed by atoms with Crippen LogP contribution in [0.1, 0.15) is 19.3 Å². The molecular formula is C10H21N3O. The molecule has 14 heavy (non-hydrogen) atoms. The number of hydrogen-bond acceptors (Lipinski definition) is 2. The fourth-order valence-corrected chi connectivity index (χ4v) is 1.61. The van der Waals surface area contributed by atoms with Crippen molar-refractivity contribution in [1.82, 2.24) is 15.1 Å². The molecule has 82 valence electrons. The molecule has 4 heteroatoms. The average molecular weight is 199 g/mol. The molecule has 1 heterocycles. The average Bonchev–Trinajstić information content (AvgIpc) is 2.07. The van der Waals surface area contributed by atoms with Crippen molar-refractivity contribution in [2.45, 2.75) is 25.3 Å². The molecule has 0 saturated carbocycles. The Hall–Kier alpha value is -0.770. The third kappa shape index (κ3) is 3.18. The number of amides is 2. The van der Waals surface area contributed by atoms with Crippen molar-refractivity contribution >= 4 is 6.03 Å². The fraction of sp³-hybridized carbons (Fsp3) is 0.900. The molecule has 1 saturated heterocycles. The molecule has 0 aromatic carbocycles. The van der Waals surface area contributed by atoms with Gasteiger partial charge in [0.05, 0.1) is 0 Å². The normalized spacial score (nSPS) is 20.1. The Bertz CT molecular complexity index is 190. The highest BCUT2D eigenvalue weighted by Gasteiger charge is 2.16. The van der Waals surface area contributed by atoms with E-state index in [1.165, 1.54) is 12.8 Å². The van der Waals surface area contributed by atoms with E-state index in [2.05, 4.69) is 5.32 Å². The van der Waals surface area contributed by atoms with E-state index in [1.54, 1.807) is 23.9 Å². The van der Waals surface area contributed by atoms with E-state index in [-0.39, 0.29) is 6.03 Å². The molecule has 1 aliphatic rings. The molecule has 1 N–H and O–H groups in total. The minimum Gasteiger partial charge on any atom is -0.331 e. The van der Waals surface area contributed by atoms with Crippen LogP contribution < -0.4 is 5.32 Å².